The molecule has 4 aliphatic rings. The summed E-state index contributed by atoms with van der Waals surface area (Å²) in [5, 5.41) is 10.3. The van der Waals surface area contributed by atoms with Gasteiger partial charge in [-0.05, 0) is 32.8 Å². The van der Waals surface area contributed by atoms with Crippen molar-refractivity contribution in [2.75, 3.05) is 13.2 Å². The van der Waals surface area contributed by atoms with Gasteiger partial charge in [0.1, 0.15) is 11.7 Å². The average Bonchev–Trinajstić information content (AvgIpc) is 3.01. The van der Waals surface area contributed by atoms with Crippen LogP contribution in [0.4, 0.5) is 0 Å². The van der Waals surface area contributed by atoms with Crippen LogP contribution < -0.4 is 0 Å². The molecule has 1 N–H and O–H groups in total. The lowest BCUT2D eigenvalue weighted by molar-refractivity contribution is -0.343. The Kier molecular flexibility index (Phi) is 3.05. The number of rotatable bonds is 0. The molecule has 4 atom stereocenters. The van der Waals surface area contributed by atoms with Crippen LogP contribution in [0.3, 0.4) is 0 Å². The molecular formula is C16H24O5. The summed E-state index contributed by atoms with van der Waals surface area (Å²) in [6.07, 6.45) is 7.08. The Morgan fingerprint density at radius 3 is 2.57 bits per heavy atom. The molecule has 3 fully saturated rings. The van der Waals surface area contributed by atoms with E-state index >= 15 is 0 Å². The van der Waals surface area contributed by atoms with Crippen LogP contribution >= 0.6 is 0 Å². The molecule has 4 rings (SSSR count). The van der Waals surface area contributed by atoms with Gasteiger partial charge in [-0.3, -0.25) is 0 Å². The second-order valence-corrected chi connectivity index (χ2v) is 7.23. The van der Waals surface area contributed by atoms with E-state index in [2.05, 4.69) is 0 Å². The molecule has 0 aromatic heterocycles. The highest BCUT2D eigenvalue weighted by molar-refractivity contribution is 5.20. The normalized spacial score (nSPS) is 47.1. The van der Waals surface area contributed by atoms with Crippen molar-refractivity contribution in [3.05, 3.63) is 12.2 Å². The second kappa shape index (κ2) is 4.52. The van der Waals surface area contributed by atoms with Crippen LogP contribution in [0.5, 0.6) is 0 Å². The van der Waals surface area contributed by atoms with Crippen molar-refractivity contribution >= 4 is 0 Å². The molecule has 5 nitrogen and oxygen atoms in total. The van der Waals surface area contributed by atoms with E-state index in [0.717, 1.165) is 25.7 Å². The molecule has 0 amide bonds. The minimum absolute atomic E-state index is 0.0984. The highest BCUT2D eigenvalue weighted by atomic mass is 16.8. The molecule has 0 unspecified atom stereocenters. The summed E-state index contributed by atoms with van der Waals surface area (Å²) in [4.78, 5) is 0. The Morgan fingerprint density at radius 2 is 1.90 bits per heavy atom. The molecule has 0 aromatic carbocycles. The Labute approximate surface area is 125 Å². The molecule has 0 radical (unpaired) electrons. The molecule has 0 aromatic rings. The van der Waals surface area contributed by atoms with E-state index in [-0.39, 0.29) is 12.0 Å². The predicted octanol–water partition coefficient (Wildman–Crippen LogP) is 1.74. The molecule has 118 valence electrons. The third-order valence-electron chi connectivity index (χ3n) is 5.21. The summed E-state index contributed by atoms with van der Waals surface area (Å²) in [6, 6.07) is 0. The van der Waals surface area contributed by atoms with Crippen LogP contribution in [-0.4, -0.2) is 47.7 Å². The maximum absolute atomic E-state index is 10.3. The zero-order valence-corrected chi connectivity index (χ0v) is 12.7. The smallest absolute Gasteiger partial charge is 0.168 e. The fourth-order valence-corrected chi connectivity index (χ4v) is 4.13. The van der Waals surface area contributed by atoms with Gasteiger partial charge in [0.15, 0.2) is 11.6 Å². The van der Waals surface area contributed by atoms with Gasteiger partial charge in [-0.15, -0.1) is 0 Å². The van der Waals surface area contributed by atoms with E-state index in [1.807, 2.05) is 19.9 Å². The van der Waals surface area contributed by atoms with Crippen LogP contribution in [0.25, 0.3) is 0 Å². The number of hydrogen-bond acceptors (Lipinski definition) is 5. The molecule has 2 saturated heterocycles. The van der Waals surface area contributed by atoms with Crippen molar-refractivity contribution in [1.82, 2.24) is 0 Å². The summed E-state index contributed by atoms with van der Waals surface area (Å²) >= 11 is 0. The van der Waals surface area contributed by atoms with Crippen LogP contribution in [0.2, 0.25) is 0 Å². The minimum Gasteiger partial charge on any atom is -0.389 e. The van der Waals surface area contributed by atoms with Crippen molar-refractivity contribution in [3.63, 3.8) is 0 Å². The van der Waals surface area contributed by atoms with Gasteiger partial charge in [-0.1, -0.05) is 6.08 Å². The van der Waals surface area contributed by atoms with Crippen molar-refractivity contribution in [3.8, 4) is 0 Å². The minimum atomic E-state index is -0.623. The van der Waals surface area contributed by atoms with Gasteiger partial charge >= 0.3 is 0 Å². The fraction of sp³-hybridized carbons (Fsp3) is 0.875. The van der Waals surface area contributed by atoms with Gasteiger partial charge in [0.25, 0.3) is 0 Å². The third kappa shape index (κ3) is 2.18. The number of fused-ring (bicyclic) bond motifs is 2. The maximum Gasteiger partial charge on any atom is 0.168 e. The molecule has 2 spiro atoms. The predicted molar refractivity (Wildman–Crippen MR) is 74.5 cm³/mol. The van der Waals surface area contributed by atoms with Gasteiger partial charge < -0.3 is 24.1 Å². The third-order valence-corrected chi connectivity index (χ3v) is 5.21. The molecule has 1 saturated carbocycles. The average molecular weight is 296 g/mol. The Morgan fingerprint density at radius 1 is 1.14 bits per heavy atom. The zero-order chi connectivity index (χ0) is 14.7. The van der Waals surface area contributed by atoms with E-state index < -0.39 is 23.3 Å². The molecule has 2 heterocycles. The molecule has 2 aliphatic carbocycles. The Bertz CT molecular complexity index is 454. The number of hydrogen-bond donors (Lipinski definition) is 1. The number of aliphatic hydroxyl groups excluding tert-OH is 1. The number of aliphatic hydroxyl groups is 1. The van der Waals surface area contributed by atoms with Crippen LogP contribution in [0.15, 0.2) is 12.2 Å². The van der Waals surface area contributed by atoms with Gasteiger partial charge in [-0.25, -0.2) is 0 Å². The van der Waals surface area contributed by atoms with Crippen LogP contribution in [0, 0.1) is 5.92 Å². The lowest BCUT2D eigenvalue weighted by Gasteiger charge is -2.51. The quantitative estimate of drug-likeness (QED) is 0.690. The van der Waals surface area contributed by atoms with E-state index in [1.165, 1.54) is 0 Å². The summed E-state index contributed by atoms with van der Waals surface area (Å²) < 4.78 is 24.4. The Balaban J connectivity index is 1.66. The first-order valence-corrected chi connectivity index (χ1v) is 7.97. The van der Waals surface area contributed by atoms with E-state index in [0.29, 0.717) is 13.2 Å². The summed E-state index contributed by atoms with van der Waals surface area (Å²) in [7, 11) is 0. The van der Waals surface area contributed by atoms with Crippen molar-refractivity contribution in [1.29, 1.82) is 0 Å². The monoisotopic (exact) mass is 296 g/mol. The standard InChI is InChI=1S/C16H24O5/c1-14(2)19-10-15(21-14)8-5-12(17)11-9-18-16(20-13(11)15)6-3-4-7-16/h5,8,11-13,17H,3-4,6-7,9-10H2,1-2H3/t11-,12-,13-,15+/m0/s1. The van der Waals surface area contributed by atoms with Crippen molar-refractivity contribution < 1.29 is 24.1 Å². The maximum atomic E-state index is 10.3. The SMILES string of the molecule is CC1(C)OC[C@@]2(C=C[C@H](O)[C@@H]3COC4(CCCC4)O[C@@H]32)O1. The van der Waals surface area contributed by atoms with E-state index in [1.54, 1.807) is 6.08 Å². The highest BCUT2D eigenvalue weighted by Crippen LogP contribution is 2.48. The second-order valence-electron chi connectivity index (χ2n) is 7.23. The highest BCUT2D eigenvalue weighted by Gasteiger charge is 2.59. The lowest BCUT2D eigenvalue weighted by atomic mass is 9.78. The molecule has 21 heavy (non-hydrogen) atoms. The lowest BCUT2D eigenvalue weighted by Crippen LogP contribution is -2.62. The van der Waals surface area contributed by atoms with E-state index in [4.69, 9.17) is 18.9 Å². The van der Waals surface area contributed by atoms with Gasteiger partial charge in [0.2, 0.25) is 0 Å². The van der Waals surface area contributed by atoms with Gasteiger partial charge in [-0.2, -0.15) is 0 Å². The van der Waals surface area contributed by atoms with E-state index in [9.17, 15) is 5.11 Å². The van der Waals surface area contributed by atoms with Crippen molar-refractivity contribution in [2.24, 2.45) is 5.92 Å². The molecule has 5 heteroatoms. The van der Waals surface area contributed by atoms with Crippen LogP contribution in [-0.2, 0) is 18.9 Å². The summed E-state index contributed by atoms with van der Waals surface area (Å²) in [5.74, 6) is -1.20. The zero-order valence-electron chi connectivity index (χ0n) is 12.7. The fourth-order valence-electron chi connectivity index (χ4n) is 4.13. The Hall–Kier alpha value is -0.460. The van der Waals surface area contributed by atoms with Crippen molar-refractivity contribution in [2.45, 2.75) is 68.9 Å². The number of ether oxygens (including phenoxy) is 4. The first-order valence-electron chi connectivity index (χ1n) is 7.97. The first-order chi connectivity index (χ1) is 9.94. The van der Waals surface area contributed by atoms with Gasteiger partial charge in [0.05, 0.1) is 19.3 Å². The molecule has 2 aliphatic heterocycles. The topological polar surface area (TPSA) is 57.2 Å². The summed E-state index contributed by atoms with van der Waals surface area (Å²) in [5.41, 5.74) is -0.604. The first kappa shape index (κ1) is 14.2. The molecular weight excluding hydrogens is 272 g/mol. The molecule has 0 bridgehead atoms. The van der Waals surface area contributed by atoms with Crippen LogP contribution in [0.1, 0.15) is 39.5 Å². The summed E-state index contributed by atoms with van der Waals surface area (Å²) in [6.45, 7) is 4.81. The van der Waals surface area contributed by atoms with Gasteiger partial charge in [0, 0.05) is 18.8 Å². The largest absolute Gasteiger partial charge is 0.389 e.